The summed E-state index contributed by atoms with van der Waals surface area (Å²) in [5.74, 6) is 0.466. The Hall–Kier alpha value is -0.860. The number of benzene rings is 1. The molecule has 1 unspecified atom stereocenters. The van der Waals surface area contributed by atoms with Gasteiger partial charge in [-0.15, -0.1) is 0 Å². The fourth-order valence-electron chi connectivity index (χ4n) is 3.34. The van der Waals surface area contributed by atoms with E-state index >= 15 is 0 Å². The molecule has 0 bridgehead atoms. The summed E-state index contributed by atoms with van der Waals surface area (Å²) in [5, 5.41) is 9.38. The van der Waals surface area contributed by atoms with Crippen molar-refractivity contribution < 1.29 is 5.11 Å². The summed E-state index contributed by atoms with van der Waals surface area (Å²) in [7, 11) is 0. The minimum atomic E-state index is 0.209. The zero-order valence-electron chi connectivity index (χ0n) is 14.4. The van der Waals surface area contributed by atoms with Crippen LogP contribution in [-0.4, -0.2) is 29.7 Å². The number of hydrogen-bond donors (Lipinski definition) is 1. The molecule has 1 aromatic carbocycles. The van der Waals surface area contributed by atoms with Gasteiger partial charge in [-0.25, -0.2) is 0 Å². The topological polar surface area (TPSA) is 23.5 Å². The van der Waals surface area contributed by atoms with E-state index in [0.29, 0.717) is 12.5 Å². The molecule has 0 radical (unpaired) electrons. The molecule has 0 saturated carbocycles. The van der Waals surface area contributed by atoms with Gasteiger partial charge >= 0.3 is 0 Å². The lowest BCUT2D eigenvalue weighted by atomic mass is 9.83. The van der Waals surface area contributed by atoms with Crippen LogP contribution in [0, 0.1) is 19.8 Å². The van der Waals surface area contributed by atoms with Crippen LogP contribution < -0.4 is 0 Å². The highest BCUT2D eigenvalue weighted by molar-refractivity contribution is 5.40. The van der Waals surface area contributed by atoms with Gasteiger partial charge in [0.2, 0.25) is 0 Å². The zero-order chi connectivity index (χ0) is 15.6. The second-order valence-corrected chi connectivity index (χ2v) is 7.76. The normalized spacial score (nSPS) is 20.8. The van der Waals surface area contributed by atoms with Crippen LogP contribution in [0.3, 0.4) is 0 Å². The van der Waals surface area contributed by atoms with Gasteiger partial charge in [0.05, 0.1) is 0 Å². The molecule has 1 heterocycles. The van der Waals surface area contributed by atoms with E-state index < -0.39 is 0 Å². The fourth-order valence-corrected chi connectivity index (χ4v) is 3.34. The van der Waals surface area contributed by atoms with E-state index in [4.69, 9.17) is 0 Å². The molecule has 1 atom stereocenters. The Balaban J connectivity index is 2.17. The lowest BCUT2D eigenvalue weighted by molar-refractivity contribution is 0.115. The van der Waals surface area contributed by atoms with Crippen molar-refractivity contribution in [2.24, 2.45) is 5.92 Å². The third kappa shape index (κ3) is 4.08. The number of hydrogen-bond acceptors (Lipinski definition) is 2. The number of aryl methyl sites for hydroxylation is 2. The molecule has 1 fully saturated rings. The highest BCUT2D eigenvalue weighted by Gasteiger charge is 2.21. The number of aliphatic hydroxyl groups excluding tert-OH is 1. The van der Waals surface area contributed by atoms with Crippen LogP contribution in [0.5, 0.6) is 0 Å². The third-order valence-corrected chi connectivity index (χ3v) is 4.81. The molecule has 2 heteroatoms. The number of likely N-dealkylation sites (tertiary alicyclic amines) is 1. The quantitative estimate of drug-likeness (QED) is 0.915. The lowest BCUT2D eigenvalue weighted by Gasteiger charge is -2.33. The van der Waals surface area contributed by atoms with Gasteiger partial charge in [-0.3, -0.25) is 4.90 Å². The molecule has 0 aliphatic carbocycles. The maximum absolute atomic E-state index is 9.38. The summed E-state index contributed by atoms with van der Waals surface area (Å²) in [6, 6.07) is 4.71. The van der Waals surface area contributed by atoms with E-state index in [9.17, 15) is 5.11 Å². The Labute approximate surface area is 130 Å². The van der Waals surface area contributed by atoms with Gasteiger partial charge in [0, 0.05) is 19.7 Å². The van der Waals surface area contributed by atoms with E-state index in [1.165, 1.54) is 35.1 Å². The summed E-state index contributed by atoms with van der Waals surface area (Å²) in [6.45, 7) is 14.9. The maximum atomic E-state index is 9.38. The SMILES string of the molecule is Cc1cc(C(C)(C)C)cc(C)c1CN1CCCC(CO)C1. The Morgan fingerprint density at radius 1 is 1.19 bits per heavy atom. The monoisotopic (exact) mass is 289 g/mol. The van der Waals surface area contributed by atoms with Crippen LogP contribution in [0.25, 0.3) is 0 Å². The molecule has 1 N–H and O–H groups in total. The van der Waals surface area contributed by atoms with E-state index in [2.05, 4.69) is 51.7 Å². The average molecular weight is 289 g/mol. The molecule has 118 valence electrons. The van der Waals surface area contributed by atoms with Gasteiger partial charge in [0.25, 0.3) is 0 Å². The molecule has 2 rings (SSSR count). The van der Waals surface area contributed by atoms with Crippen molar-refractivity contribution in [1.29, 1.82) is 0 Å². The van der Waals surface area contributed by atoms with Crippen LogP contribution in [0.2, 0.25) is 0 Å². The molecule has 2 nitrogen and oxygen atoms in total. The molecule has 1 aliphatic heterocycles. The summed E-state index contributed by atoms with van der Waals surface area (Å²) in [6.07, 6.45) is 2.39. The number of piperidine rings is 1. The van der Waals surface area contributed by atoms with E-state index in [1.807, 2.05) is 0 Å². The summed E-state index contributed by atoms with van der Waals surface area (Å²) in [5.41, 5.74) is 5.92. The Morgan fingerprint density at radius 2 is 1.81 bits per heavy atom. The average Bonchev–Trinajstić information content (AvgIpc) is 2.42. The Morgan fingerprint density at radius 3 is 2.33 bits per heavy atom. The second kappa shape index (κ2) is 6.50. The van der Waals surface area contributed by atoms with Crippen molar-refractivity contribution in [1.82, 2.24) is 4.90 Å². The molecule has 21 heavy (non-hydrogen) atoms. The van der Waals surface area contributed by atoms with Gasteiger partial charge in [0.1, 0.15) is 0 Å². The van der Waals surface area contributed by atoms with Crippen LogP contribution >= 0.6 is 0 Å². The standard InChI is InChI=1S/C19H31NO/c1-14-9-17(19(3,4)5)10-15(2)18(14)12-20-8-6-7-16(11-20)13-21/h9-10,16,21H,6-8,11-13H2,1-5H3. The van der Waals surface area contributed by atoms with Gasteiger partial charge in [0.15, 0.2) is 0 Å². The van der Waals surface area contributed by atoms with Gasteiger partial charge in [-0.05, 0) is 66.8 Å². The first kappa shape index (κ1) is 16.5. The van der Waals surface area contributed by atoms with Gasteiger partial charge in [-0.2, -0.15) is 0 Å². The van der Waals surface area contributed by atoms with Crippen molar-refractivity contribution >= 4 is 0 Å². The summed E-state index contributed by atoms with van der Waals surface area (Å²) in [4.78, 5) is 2.51. The largest absolute Gasteiger partial charge is 0.396 e. The van der Waals surface area contributed by atoms with E-state index in [0.717, 1.165) is 19.6 Å². The van der Waals surface area contributed by atoms with Crippen molar-refractivity contribution in [3.8, 4) is 0 Å². The fraction of sp³-hybridized carbons (Fsp3) is 0.684. The highest BCUT2D eigenvalue weighted by Crippen LogP contribution is 2.28. The molecular weight excluding hydrogens is 258 g/mol. The third-order valence-electron chi connectivity index (χ3n) is 4.81. The summed E-state index contributed by atoms with van der Waals surface area (Å²) < 4.78 is 0. The predicted molar refractivity (Wildman–Crippen MR) is 89.7 cm³/mol. The molecule has 1 aliphatic rings. The van der Waals surface area contributed by atoms with Gasteiger partial charge in [-0.1, -0.05) is 32.9 Å². The lowest BCUT2D eigenvalue weighted by Crippen LogP contribution is -2.36. The Kier molecular flexibility index (Phi) is 5.11. The smallest absolute Gasteiger partial charge is 0.0471 e. The van der Waals surface area contributed by atoms with Crippen molar-refractivity contribution in [3.05, 3.63) is 34.4 Å². The zero-order valence-corrected chi connectivity index (χ0v) is 14.4. The first-order valence-corrected chi connectivity index (χ1v) is 8.25. The second-order valence-electron chi connectivity index (χ2n) is 7.76. The minimum Gasteiger partial charge on any atom is -0.396 e. The number of nitrogens with zero attached hydrogens (tertiary/aromatic N) is 1. The molecule has 0 spiro atoms. The first-order chi connectivity index (χ1) is 9.81. The van der Waals surface area contributed by atoms with E-state index in [1.54, 1.807) is 0 Å². The van der Waals surface area contributed by atoms with E-state index in [-0.39, 0.29) is 5.41 Å². The van der Waals surface area contributed by atoms with Crippen LogP contribution in [0.15, 0.2) is 12.1 Å². The van der Waals surface area contributed by atoms with Gasteiger partial charge < -0.3 is 5.11 Å². The maximum Gasteiger partial charge on any atom is 0.0471 e. The molecule has 0 amide bonds. The highest BCUT2D eigenvalue weighted by atomic mass is 16.3. The van der Waals surface area contributed by atoms with Crippen molar-refractivity contribution in [3.63, 3.8) is 0 Å². The first-order valence-electron chi connectivity index (χ1n) is 8.25. The van der Waals surface area contributed by atoms with Crippen molar-refractivity contribution in [2.75, 3.05) is 19.7 Å². The van der Waals surface area contributed by atoms with Crippen LogP contribution in [0.4, 0.5) is 0 Å². The Bertz CT molecular complexity index is 464. The number of aliphatic hydroxyl groups is 1. The molecular formula is C19H31NO. The molecule has 0 aromatic heterocycles. The molecule has 1 saturated heterocycles. The van der Waals surface area contributed by atoms with Crippen LogP contribution in [-0.2, 0) is 12.0 Å². The van der Waals surface area contributed by atoms with Crippen molar-refractivity contribution in [2.45, 2.75) is 59.4 Å². The molecule has 1 aromatic rings. The van der Waals surface area contributed by atoms with Crippen LogP contribution in [0.1, 0.15) is 55.9 Å². The minimum absolute atomic E-state index is 0.209. The summed E-state index contributed by atoms with van der Waals surface area (Å²) >= 11 is 0. The predicted octanol–water partition coefficient (Wildman–Crippen LogP) is 3.81. The number of rotatable bonds is 3.